The quantitative estimate of drug-likeness (QED) is 0.321. The van der Waals surface area contributed by atoms with E-state index in [1.165, 1.54) is 4.88 Å². The Kier molecular flexibility index (Phi) is 9.34. The molecule has 2 N–H and O–H groups in total. The van der Waals surface area contributed by atoms with Gasteiger partial charge in [-0.2, -0.15) is 8.78 Å². The van der Waals surface area contributed by atoms with Crippen LogP contribution in [-0.4, -0.2) is 50.3 Å². The lowest BCUT2D eigenvalue weighted by molar-refractivity contribution is -0.0495. The number of thiazole rings is 1. The smallest absolute Gasteiger partial charge is 0.387 e. The topological polar surface area (TPSA) is 61.8 Å². The Labute approximate surface area is 190 Å². The minimum absolute atomic E-state index is 0. The number of rotatable bonds is 7. The molecule has 160 valence electrons. The number of alkyl halides is 2. The number of guanidine groups is 1. The molecule has 0 amide bonds. The van der Waals surface area contributed by atoms with E-state index in [9.17, 15) is 8.78 Å². The largest absolute Gasteiger partial charge is 0.433 e. The first kappa shape index (κ1) is 23.6. The van der Waals surface area contributed by atoms with Crippen LogP contribution in [0.25, 0.3) is 0 Å². The zero-order valence-corrected chi connectivity index (χ0v) is 19.5. The van der Waals surface area contributed by atoms with Crippen molar-refractivity contribution in [3.63, 3.8) is 0 Å². The molecule has 10 heteroatoms. The van der Waals surface area contributed by atoms with Gasteiger partial charge in [0.25, 0.3) is 0 Å². The Balaban J connectivity index is 0.00000300. The molecule has 0 bridgehead atoms. The molecule has 1 saturated heterocycles. The highest BCUT2D eigenvalue weighted by molar-refractivity contribution is 14.0. The summed E-state index contributed by atoms with van der Waals surface area (Å²) in [7, 11) is 1.74. The molecule has 0 saturated carbocycles. The van der Waals surface area contributed by atoms with E-state index in [-0.39, 0.29) is 35.8 Å². The summed E-state index contributed by atoms with van der Waals surface area (Å²) in [4.78, 5) is 11.9. The summed E-state index contributed by atoms with van der Waals surface area (Å²) in [5.41, 5.74) is 0.689. The van der Waals surface area contributed by atoms with Crippen molar-refractivity contribution in [2.24, 2.45) is 4.99 Å². The van der Waals surface area contributed by atoms with E-state index in [2.05, 4.69) is 30.2 Å². The summed E-state index contributed by atoms with van der Waals surface area (Å²) in [5.74, 6) is 0.941. The Morgan fingerprint density at radius 3 is 2.90 bits per heavy atom. The standard InChI is InChI=1S/C19H25F2N5OS.HI/c1-13-11-24-17(28-13)7-9-23-19(22-2)25-14-8-10-26(12-14)15-5-3-4-6-16(15)27-18(20)21;/h3-6,11,14,18H,7-10,12H2,1-2H3,(H2,22,23,25);1H. The van der Waals surface area contributed by atoms with Gasteiger partial charge in [-0.25, -0.2) is 4.98 Å². The molecule has 2 heterocycles. The number of nitrogens with zero attached hydrogens (tertiary/aromatic N) is 3. The highest BCUT2D eigenvalue weighted by Crippen LogP contribution is 2.31. The Morgan fingerprint density at radius 2 is 2.21 bits per heavy atom. The van der Waals surface area contributed by atoms with Gasteiger partial charge in [0.2, 0.25) is 0 Å². The number of nitrogens with one attached hydrogen (secondary N) is 2. The molecule has 0 radical (unpaired) electrons. The lowest BCUT2D eigenvalue weighted by atomic mass is 10.2. The normalized spacial score (nSPS) is 16.7. The number of aromatic nitrogens is 1. The van der Waals surface area contributed by atoms with Crippen LogP contribution in [0, 0.1) is 6.92 Å². The van der Waals surface area contributed by atoms with Crippen molar-refractivity contribution in [2.45, 2.75) is 32.4 Å². The van der Waals surface area contributed by atoms with Crippen LogP contribution in [0.5, 0.6) is 5.75 Å². The van der Waals surface area contributed by atoms with Crippen molar-refractivity contribution in [2.75, 3.05) is 31.6 Å². The molecule has 3 rings (SSSR count). The van der Waals surface area contributed by atoms with E-state index >= 15 is 0 Å². The van der Waals surface area contributed by atoms with Crippen LogP contribution >= 0.6 is 35.3 Å². The molecule has 1 aromatic heterocycles. The van der Waals surface area contributed by atoms with Crippen molar-refractivity contribution in [3.05, 3.63) is 40.3 Å². The number of aliphatic imine (C=N–C) groups is 1. The predicted octanol–water partition coefficient (Wildman–Crippen LogP) is 3.66. The highest BCUT2D eigenvalue weighted by Gasteiger charge is 2.26. The monoisotopic (exact) mass is 537 g/mol. The maximum absolute atomic E-state index is 12.6. The molecule has 6 nitrogen and oxygen atoms in total. The van der Waals surface area contributed by atoms with Crippen molar-refractivity contribution in [1.29, 1.82) is 0 Å². The number of hydrogen-bond donors (Lipinski definition) is 2. The fraction of sp³-hybridized carbons (Fsp3) is 0.474. The van der Waals surface area contributed by atoms with Crippen LogP contribution in [0.2, 0.25) is 0 Å². The number of benzene rings is 1. The number of aryl methyl sites for hydroxylation is 1. The van der Waals surface area contributed by atoms with E-state index in [4.69, 9.17) is 0 Å². The van der Waals surface area contributed by atoms with Gasteiger partial charge >= 0.3 is 6.61 Å². The third-order valence-corrected chi connectivity index (χ3v) is 5.45. The van der Waals surface area contributed by atoms with Gasteiger partial charge < -0.3 is 20.3 Å². The molecule has 1 atom stereocenters. The van der Waals surface area contributed by atoms with Crippen LogP contribution in [0.1, 0.15) is 16.3 Å². The van der Waals surface area contributed by atoms with Gasteiger partial charge in [-0.1, -0.05) is 12.1 Å². The van der Waals surface area contributed by atoms with Gasteiger partial charge in [0, 0.05) is 50.2 Å². The molecular formula is C19H26F2IN5OS. The van der Waals surface area contributed by atoms with Gasteiger partial charge in [0.05, 0.1) is 10.7 Å². The average molecular weight is 537 g/mol. The molecule has 0 aliphatic carbocycles. The fourth-order valence-electron chi connectivity index (χ4n) is 3.20. The van der Waals surface area contributed by atoms with E-state index in [1.807, 2.05) is 25.3 Å². The van der Waals surface area contributed by atoms with Gasteiger partial charge in [-0.3, -0.25) is 4.99 Å². The second kappa shape index (κ2) is 11.5. The molecule has 1 fully saturated rings. The molecule has 1 unspecified atom stereocenters. The number of halogens is 3. The minimum atomic E-state index is -2.83. The Morgan fingerprint density at radius 1 is 1.41 bits per heavy atom. The van der Waals surface area contributed by atoms with E-state index in [1.54, 1.807) is 30.5 Å². The first-order valence-electron chi connectivity index (χ1n) is 9.22. The Hall–Kier alpha value is -1.69. The summed E-state index contributed by atoms with van der Waals surface area (Å²) >= 11 is 1.70. The molecule has 0 spiro atoms. The first-order valence-corrected chi connectivity index (χ1v) is 10.0. The second-order valence-corrected chi connectivity index (χ2v) is 7.86. The summed E-state index contributed by atoms with van der Waals surface area (Å²) in [6, 6.07) is 7.08. The zero-order chi connectivity index (χ0) is 19.9. The van der Waals surface area contributed by atoms with Crippen molar-refractivity contribution in [3.8, 4) is 5.75 Å². The molecule has 29 heavy (non-hydrogen) atoms. The predicted molar refractivity (Wildman–Crippen MR) is 124 cm³/mol. The maximum Gasteiger partial charge on any atom is 0.387 e. The maximum atomic E-state index is 12.6. The molecular weight excluding hydrogens is 511 g/mol. The van der Waals surface area contributed by atoms with Crippen LogP contribution in [0.15, 0.2) is 35.5 Å². The fourth-order valence-corrected chi connectivity index (χ4v) is 3.99. The van der Waals surface area contributed by atoms with E-state index in [0.717, 1.165) is 36.9 Å². The molecule has 1 aromatic carbocycles. The van der Waals surface area contributed by atoms with Crippen molar-refractivity contribution in [1.82, 2.24) is 15.6 Å². The second-order valence-electron chi connectivity index (χ2n) is 6.54. The number of para-hydroxylation sites is 2. The number of ether oxygens (including phenoxy) is 1. The molecule has 2 aromatic rings. The zero-order valence-electron chi connectivity index (χ0n) is 16.4. The number of hydrogen-bond acceptors (Lipinski definition) is 5. The third-order valence-electron chi connectivity index (χ3n) is 4.48. The first-order chi connectivity index (χ1) is 13.5. The van der Waals surface area contributed by atoms with Crippen LogP contribution < -0.4 is 20.3 Å². The van der Waals surface area contributed by atoms with Gasteiger partial charge in [0.1, 0.15) is 5.75 Å². The number of anilines is 1. The highest BCUT2D eigenvalue weighted by atomic mass is 127. The third kappa shape index (κ3) is 6.95. The Bertz CT molecular complexity index is 804. The van der Waals surface area contributed by atoms with Crippen molar-refractivity contribution >= 4 is 47.0 Å². The summed E-state index contributed by atoms with van der Waals surface area (Å²) in [6.45, 7) is 1.41. The van der Waals surface area contributed by atoms with Crippen molar-refractivity contribution < 1.29 is 13.5 Å². The SMILES string of the molecule is CN=C(NCCc1ncc(C)s1)NC1CCN(c2ccccc2OC(F)F)C1.I. The van der Waals surface area contributed by atoms with Crippen LogP contribution in [-0.2, 0) is 6.42 Å². The lowest BCUT2D eigenvalue weighted by Gasteiger charge is -2.22. The molecule has 1 aliphatic rings. The van der Waals surface area contributed by atoms with Gasteiger partial charge in [0.15, 0.2) is 5.96 Å². The van der Waals surface area contributed by atoms with Gasteiger partial charge in [-0.15, -0.1) is 35.3 Å². The van der Waals surface area contributed by atoms with Crippen LogP contribution in [0.3, 0.4) is 0 Å². The summed E-state index contributed by atoms with van der Waals surface area (Å²) in [6.07, 6.45) is 3.61. The van der Waals surface area contributed by atoms with E-state index in [0.29, 0.717) is 12.2 Å². The van der Waals surface area contributed by atoms with Crippen LogP contribution in [0.4, 0.5) is 14.5 Å². The summed E-state index contributed by atoms with van der Waals surface area (Å²) in [5, 5.41) is 7.82. The molecule has 1 aliphatic heterocycles. The minimum Gasteiger partial charge on any atom is -0.433 e. The average Bonchev–Trinajstić information content (AvgIpc) is 3.30. The summed E-state index contributed by atoms with van der Waals surface area (Å²) < 4.78 is 29.9. The lowest BCUT2D eigenvalue weighted by Crippen LogP contribution is -2.45. The van der Waals surface area contributed by atoms with E-state index < -0.39 is 6.61 Å². The van der Waals surface area contributed by atoms with Gasteiger partial charge in [-0.05, 0) is 25.5 Å².